The van der Waals surface area contributed by atoms with Gasteiger partial charge in [-0.05, 0) is 30.2 Å². The molecule has 0 bridgehead atoms. The summed E-state index contributed by atoms with van der Waals surface area (Å²) in [7, 11) is -2.55. The topological polar surface area (TPSA) is 55.4 Å². The lowest BCUT2D eigenvalue weighted by Crippen LogP contribution is -2.28. The van der Waals surface area contributed by atoms with E-state index in [1.54, 1.807) is 0 Å². The van der Waals surface area contributed by atoms with Crippen LogP contribution in [0.1, 0.15) is 24.9 Å². The van der Waals surface area contributed by atoms with Crippen LogP contribution in [-0.4, -0.2) is 15.5 Å². The maximum absolute atomic E-state index is 13.4. The van der Waals surface area contributed by atoms with Crippen molar-refractivity contribution in [3.05, 3.63) is 59.9 Å². The number of hydrogen-bond donors (Lipinski definition) is 1. The maximum Gasteiger partial charge on any atom is 0.244 e. The van der Waals surface area contributed by atoms with Crippen LogP contribution in [-0.2, 0) is 10.0 Å². The molecule has 2 aromatic rings. The molecule has 0 fully saturated rings. The van der Waals surface area contributed by atoms with Gasteiger partial charge in [0.15, 0.2) is 0 Å². The van der Waals surface area contributed by atoms with E-state index >= 15 is 0 Å². The van der Waals surface area contributed by atoms with Gasteiger partial charge in [0.05, 0.1) is 7.11 Å². The summed E-state index contributed by atoms with van der Waals surface area (Å²) in [6.45, 7) is 1.88. The van der Waals surface area contributed by atoms with Gasteiger partial charge in [-0.1, -0.05) is 37.3 Å². The Morgan fingerprint density at radius 2 is 1.86 bits per heavy atom. The molecule has 2 rings (SSSR count). The van der Waals surface area contributed by atoms with Crippen molar-refractivity contribution in [1.82, 2.24) is 4.72 Å². The Hall–Kier alpha value is -1.92. The summed E-state index contributed by atoms with van der Waals surface area (Å²) in [5.74, 6) is -0.522. The highest BCUT2D eigenvalue weighted by molar-refractivity contribution is 7.89. The third kappa shape index (κ3) is 3.64. The Bertz CT molecular complexity index is 732. The highest BCUT2D eigenvalue weighted by Gasteiger charge is 2.24. The van der Waals surface area contributed by atoms with Gasteiger partial charge in [-0.15, -0.1) is 0 Å². The lowest BCUT2D eigenvalue weighted by Gasteiger charge is -2.18. The lowest BCUT2D eigenvalue weighted by molar-refractivity contribution is 0.400. The van der Waals surface area contributed by atoms with E-state index in [0.29, 0.717) is 6.42 Å². The minimum atomic E-state index is -3.90. The molecule has 0 saturated carbocycles. The molecular weight excluding hydrogens is 305 g/mol. The maximum atomic E-state index is 13.4. The Labute approximate surface area is 130 Å². The minimum Gasteiger partial charge on any atom is -0.495 e. The van der Waals surface area contributed by atoms with E-state index in [1.807, 2.05) is 37.3 Å². The number of ether oxygens (including phenoxy) is 1. The number of benzene rings is 2. The van der Waals surface area contributed by atoms with Crippen LogP contribution in [0, 0.1) is 5.82 Å². The molecule has 0 aliphatic heterocycles. The predicted molar refractivity (Wildman–Crippen MR) is 82.7 cm³/mol. The Kier molecular flexibility index (Phi) is 5.15. The molecule has 2 aromatic carbocycles. The van der Waals surface area contributed by atoms with Gasteiger partial charge in [0.2, 0.25) is 10.0 Å². The molecule has 6 heteroatoms. The van der Waals surface area contributed by atoms with E-state index in [0.717, 1.165) is 17.7 Å². The molecule has 0 aliphatic rings. The average Bonchev–Trinajstić information content (AvgIpc) is 2.53. The van der Waals surface area contributed by atoms with E-state index in [1.165, 1.54) is 13.2 Å². The fourth-order valence-electron chi connectivity index (χ4n) is 2.18. The monoisotopic (exact) mass is 323 g/mol. The fourth-order valence-corrected chi connectivity index (χ4v) is 3.67. The summed E-state index contributed by atoms with van der Waals surface area (Å²) in [6.07, 6.45) is 0.570. The third-order valence-electron chi connectivity index (χ3n) is 3.32. The predicted octanol–water partition coefficient (Wildman–Crippen LogP) is 3.26. The summed E-state index contributed by atoms with van der Waals surface area (Å²) < 4.78 is 46.1. The van der Waals surface area contributed by atoms with Gasteiger partial charge < -0.3 is 4.74 Å². The highest BCUT2D eigenvalue weighted by atomic mass is 32.2. The summed E-state index contributed by atoms with van der Waals surface area (Å²) in [4.78, 5) is -0.204. The molecule has 0 aromatic heterocycles. The van der Waals surface area contributed by atoms with Gasteiger partial charge in [0.25, 0.3) is 0 Å². The van der Waals surface area contributed by atoms with Crippen molar-refractivity contribution in [3.8, 4) is 5.75 Å². The quantitative estimate of drug-likeness (QED) is 0.888. The van der Waals surface area contributed by atoms with Crippen molar-refractivity contribution in [2.75, 3.05) is 7.11 Å². The molecular formula is C16H18FNO3S. The zero-order chi connectivity index (χ0) is 16.2. The fraction of sp³-hybridized carbons (Fsp3) is 0.250. The molecule has 4 nitrogen and oxygen atoms in total. The molecule has 1 atom stereocenters. The summed E-state index contributed by atoms with van der Waals surface area (Å²) in [6, 6.07) is 12.3. The van der Waals surface area contributed by atoms with E-state index in [9.17, 15) is 12.8 Å². The van der Waals surface area contributed by atoms with E-state index in [4.69, 9.17) is 4.74 Å². The summed E-state index contributed by atoms with van der Waals surface area (Å²) >= 11 is 0. The Morgan fingerprint density at radius 1 is 1.18 bits per heavy atom. The van der Waals surface area contributed by atoms with Crippen molar-refractivity contribution in [3.63, 3.8) is 0 Å². The first-order valence-corrected chi connectivity index (χ1v) is 8.37. The molecule has 0 saturated heterocycles. The van der Waals surface area contributed by atoms with Gasteiger partial charge in [-0.3, -0.25) is 0 Å². The van der Waals surface area contributed by atoms with Gasteiger partial charge in [0.1, 0.15) is 16.5 Å². The van der Waals surface area contributed by atoms with Crippen molar-refractivity contribution in [2.24, 2.45) is 0 Å². The number of methoxy groups -OCH3 is 1. The Balaban J connectivity index is 2.37. The van der Waals surface area contributed by atoms with Crippen LogP contribution in [0.15, 0.2) is 53.4 Å². The van der Waals surface area contributed by atoms with Crippen molar-refractivity contribution in [1.29, 1.82) is 0 Å². The number of hydrogen-bond acceptors (Lipinski definition) is 3. The average molecular weight is 323 g/mol. The first kappa shape index (κ1) is 16.5. The standard InChI is InChI=1S/C16H18FNO3S/c1-3-14(12-7-5-4-6-8-12)18-22(19,20)16-11-13(17)9-10-15(16)21-2/h4-11,14,18H,3H2,1-2H3. The number of rotatable bonds is 6. The molecule has 0 radical (unpaired) electrons. The molecule has 0 spiro atoms. The highest BCUT2D eigenvalue weighted by Crippen LogP contribution is 2.27. The zero-order valence-electron chi connectivity index (χ0n) is 12.4. The van der Waals surface area contributed by atoms with Gasteiger partial charge in [-0.25, -0.2) is 17.5 Å². The molecule has 118 valence electrons. The van der Waals surface area contributed by atoms with Gasteiger partial charge in [-0.2, -0.15) is 0 Å². The molecule has 1 unspecified atom stereocenters. The van der Waals surface area contributed by atoms with Crippen molar-refractivity contribution < 1.29 is 17.5 Å². The van der Waals surface area contributed by atoms with Crippen molar-refractivity contribution >= 4 is 10.0 Å². The normalized spacial score (nSPS) is 12.9. The second-order valence-corrected chi connectivity index (χ2v) is 6.47. The van der Waals surface area contributed by atoms with Crippen LogP contribution < -0.4 is 9.46 Å². The zero-order valence-corrected chi connectivity index (χ0v) is 13.2. The second-order valence-electron chi connectivity index (χ2n) is 4.79. The third-order valence-corrected chi connectivity index (χ3v) is 4.82. The molecule has 1 N–H and O–H groups in total. The smallest absolute Gasteiger partial charge is 0.244 e. The first-order chi connectivity index (χ1) is 10.5. The number of halogens is 1. The number of sulfonamides is 1. The van der Waals surface area contributed by atoms with Crippen LogP contribution in [0.2, 0.25) is 0 Å². The summed E-state index contributed by atoms with van der Waals surface area (Å²) in [5, 5.41) is 0. The van der Waals surface area contributed by atoms with Gasteiger partial charge >= 0.3 is 0 Å². The van der Waals surface area contributed by atoms with Crippen LogP contribution in [0.3, 0.4) is 0 Å². The van der Waals surface area contributed by atoms with E-state index in [-0.39, 0.29) is 16.7 Å². The second kappa shape index (κ2) is 6.89. The number of nitrogens with one attached hydrogen (secondary N) is 1. The largest absolute Gasteiger partial charge is 0.495 e. The SMILES string of the molecule is CCC(NS(=O)(=O)c1cc(F)ccc1OC)c1ccccc1. The molecule has 22 heavy (non-hydrogen) atoms. The first-order valence-electron chi connectivity index (χ1n) is 6.88. The van der Waals surface area contributed by atoms with Crippen LogP contribution >= 0.6 is 0 Å². The summed E-state index contributed by atoms with van der Waals surface area (Å²) in [5.41, 5.74) is 0.851. The molecule has 0 amide bonds. The molecule has 0 heterocycles. The Morgan fingerprint density at radius 3 is 2.45 bits per heavy atom. The minimum absolute atomic E-state index is 0.108. The van der Waals surface area contributed by atoms with Gasteiger partial charge in [0, 0.05) is 6.04 Å². The van der Waals surface area contributed by atoms with E-state index < -0.39 is 15.8 Å². The van der Waals surface area contributed by atoms with Crippen LogP contribution in [0.5, 0.6) is 5.75 Å². The lowest BCUT2D eigenvalue weighted by atomic mass is 10.1. The van der Waals surface area contributed by atoms with E-state index in [2.05, 4.69) is 4.72 Å². The van der Waals surface area contributed by atoms with Crippen LogP contribution in [0.25, 0.3) is 0 Å². The van der Waals surface area contributed by atoms with Crippen LogP contribution in [0.4, 0.5) is 4.39 Å². The van der Waals surface area contributed by atoms with Crippen molar-refractivity contribution in [2.45, 2.75) is 24.3 Å². The molecule has 0 aliphatic carbocycles.